The van der Waals surface area contributed by atoms with E-state index in [0.717, 1.165) is 16.4 Å². The third kappa shape index (κ3) is 3.40. The fourth-order valence-corrected chi connectivity index (χ4v) is 3.60. The Kier molecular flexibility index (Phi) is 4.56. The number of carbonyl (C=O) groups is 1. The predicted octanol–water partition coefficient (Wildman–Crippen LogP) is 2.19. The first kappa shape index (κ1) is 16.9. The number of ether oxygens (including phenoxy) is 1. The summed E-state index contributed by atoms with van der Waals surface area (Å²) in [5.74, 6) is 0.0830. The van der Waals surface area contributed by atoms with Gasteiger partial charge in [-0.3, -0.25) is 9.48 Å². The lowest BCUT2D eigenvalue weighted by molar-refractivity contribution is 0.00729. The molecule has 4 heterocycles. The van der Waals surface area contributed by atoms with Crippen LogP contribution in [-0.2, 0) is 24.4 Å². The third-order valence-electron chi connectivity index (χ3n) is 4.32. The summed E-state index contributed by atoms with van der Waals surface area (Å²) in [6, 6.07) is 1.92. The molecule has 0 bridgehead atoms. The number of fused-ring (bicyclic) bond motifs is 1. The first-order chi connectivity index (χ1) is 12.6. The minimum atomic E-state index is -0.190. The quantitative estimate of drug-likeness (QED) is 0.697. The van der Waals surface area contributed by atoms with Crippen molar-refractivity contribution >= 4 is 17.2 Å². The molecule has 0 saturated heterocycles. The molecule has 3 aromatic rings. The number of thiazole rings is 1. The standard InChI is InChI=1S/C17H19N5O3S/c1-11-16(25-10-18-11)17(23)21-5-14-3-4-19-22(14)7-15(6-21)24-8-13-9-26-12(2)20-13/h3-4,9-10,15H,5-8H2,1-2H3. The molecular formula is C17H19N5O3S. The highest BCUT2D eigenvalue weighted by molar-refractivity contribution is 7.09. The summed E-state index contributed by atoms with van der Waals surface area (Å²) >= 11 is 1.60. The molecule has 9 heteroatoms. The SMILES string of the molecule is Cc1nc(COC2CN(C(=O)c3ocnc3C)Cc3ccnn3C2)cs1. The number of aromatic nitrogens is 4. The molecule has 0 fully saturated rings. The van der Waals surface area contributed by atoms with Crippen LogP contribution in [-0.4, -0.2) is 43.2 Å². The maximum Gasteiger partial charge on any atom is 0.292 e. The molecule has 1 amide bonds. The van der Waals surface area contributed by atoms with E-state index >= 15 is 0 Å². The van der Waals surface area contributed by atoms with Crippen LogP contribution in [0.25, 0.3) is 0 Å². The van der Waals surface area contributed by atoms with Gasteiger partial charge in [-0.25, -0.2) is 9.97 Å². The van der Waals surface area contributed by atoms with Crippen LogP contribution in [0.2, 0.25) is 0 Å². The molecule has 0 spiro atoms. The van der Waals surface area contributed by atoms with E-state index in [0.29, 0.717) is 31.9 Å². The van der Waals surface area contributed by atoms with E-state index in [-0.39, 0.29) is 17.8 Å². The predicted molar refractivity (Wildman–Crippen MR) is 93.6 cm³/mol. The molecule has 0 radical (unpaired) electrons. The normalized spacial score (nSPS) is 17.2. The van der Waals surface area contributed by atoms with Gasteiger partial charge in [0.1, 0.15) is 0 Å². The number of nitrogens with zero attached hydrogens (tertiary/aromatic N) is 5. The zero-order valence-electron chi connectivity index (χ0n) is 14.6. The molecular weight excluding hydrogens is 354 g/mol. The van der Waals surface area contributed by atoms with Gasteiger partial charge in [0.15, 0.2) is 6.39 Å². The van der Waals surface area contributed by atoms with Crippen molar-refractivity contribution in [1.29, 1.82) is 0 Å². The van der Waals surface area contributed by atoms with Crippen molar-refractivity contribution in [2.75, 3.05) is 6.54 Å². The Balaban J connectivity index is 1.53. The highest BCUT2D eigenvalue weighted by Gasteiger charge is 2.29. The lowest BCUT2D eigenvalue weighted by Gasteiger charge is -2.23. The average Bonchev–Trinajstić information content (AvgIpc) is 3.32. The molecule has 3 aromatic heterocycles. The molecule has 1 unspecified atom stereocenters. The Morgan fingerprint density at radius 2 is 2.31 bits per heavy atom. The second-order valence-corrected chi connectivity index (χ2v) is 7.31. The van der Waals surface area contributed by atoms with Crippen molar-refractivity contribution in [2.24, 2.45) is 0 Å². The molecule has 0 aliphatic carbocycles. The number of hydrogen-bond donors (Lipinski definition) is 0. The van der Waals surface area contributed by atoms with E-state index in [1.54, 1.807) is 29.4 Å². The van der Waals surface area contributed by atoms with Crippen molar-refractivity contribution in [3.05, 3.63) is 51.9 Å². The number of amides is 1. The largest absolute Gasteiger partial charge is 0.438 e. The Bertz CT molecular complexity index is 915. The first-order valence-corrected chi connectivity index (χ1v) is 9.21. The van der Waals surface area contributed by atoms with Gasteiger partial charge < -0.3 is 14.1 Å². The highest BCUT2D eigenvalue weighted by Crippen LogP contribution is 2.19. The smallest absolute Gasteiger partial charge is 0.292 e. The number of aryl methyl sites for hydroxylation is 2. The summed E-state index contributed by atoms with van der Waals surface area (Å²) in [5, 5.41) is 7.35. The fraction of sp³-hybridized carbons (Fsp3) is 0.412. The second kappa shape index (κ2) is 7.00. The molecule has 8 nitrogen and oxygen atoms in total. The minimum absolute atomic E-state index is 0.187. The van der Waals surface area contributed by atoms with Gasteiger partial charge in [0.05, 0.1) is 47.9 Å². The van der Waals surface area contributed by atoms with E-state index < -0.39 is 0 Å². The van der Waals surface area contributed by atoms with Crippen molar-refractivity contribution < 1.29 is 13.9 Å². The summed E-state index contributed by atoms with van der Waals surface area (Å²) in [4.78, 5) is 23.1. The molecule has 1 aliphatic heterocycles. The Morgan fingerprint density at radius 1 is 1.42 bits per heavy atom. The van der Waals surface area contributed by atoms with Gasteiger partial charge in [-0.1, -0.05) is 0 Å². The minimum Gasteiger partial charge on any atom is -0.438 e. The number of hydrogen-bond acceptors (Lipinski definition) is 7. The zero-order valence-corrected chi connectivity index (χ0v) is 15.4. The van der Waals surface area contributed by atoms with Gasteiger partial charge in [0.2, 0.25) is 5.76 Å². The highest BCUT2D eigenvalue weighted by atomic mass is 32.1. The van der Waals surface area contributed by atoms with Gasteiger partial charge in [0, 0.05) is 18.1 Å². The number of carbonyl (C=O) groups excluding carboxylic acids is 1. The van der Waals surface area contributed by atoms with Crippen LogP contribution in [0.5, 0.6) is 0 Å². The van der Waals surface area contributed by atoms with Crippen LogP contribution in [0.3, 0.4) is 0 Å². The molecule has 26 heavy (non-hydrogen) atoms. The van der Waals surface area contributed by atoms with Gasteiger partial charge in [-0.2, -0.15) is 5.10 Å². The maximum atomic E-state index is 12.9. The monoisotopic (exact) mass is 373 g/mol. The fourth-order valence-electron chi connectivity index (χ4n) is 3.00. The third-order valence-corrected chi connectivity index (χ3v) is 5.14. The lowest BCUT2D eigenvalue weighted by Crippen LogP contribution is -2.37. The van der Waals surface area contributed by atoms with Gasteiger partial charge in [0.25, 0.3) is 5.91 Å². The number of oxazole rings is 1. The van der Waals surface area contributed by atoms with Gasteiger partial charge in [-0.05, 0) is 19.9 Å². The zero-order chi connectivity index (χ0) is 18.1. The van der Waals surface area contributed by atoms with Gasteiger partial charge in [-0.15, -0.1) is 11.3 Å². The van der Waals surface area contributed by atoms with Crippen LogP contribution in [0.15, 0.2) is 28.5 Å². The first-order valence-electron chi connectivity index (χ1n) is 8.33. The topological polar surface area (TPSA) is 86.3 Å². The molecule has 0 saturated carbocycles. The van der Waals surface area contributed by atoms with E-state index in [4.69, 9.17) is 9.15 Å². The summed E-state index contributed by atoms with van der Waals surface area (Å²) < 4.78 is 13.2. The van der Waals surface area contributed by atoms with Crippen molar-refractivity contribution in [3.63, 3.8) is 0 Å². The van der Waals surface area contributed by atoms with Gasteiger partial charge >= 0.3 is 0 Å². The Labute approximate surface area is 154 Å². The molecule has 0 aromatic carbocycles. The lowest BCUT2D eigenvalue weighted by atomic mass is 10.2. The maximum absolute atomic E-state index is 12.9. The molecule has 0 N–H and O–H groups in total. The molecule has 136 valence electrons. The molecule has 1 aliphatic rings. The molecule has 1 atom stereocenters. The van der Waals surface area contributed by atoms with Crippen LogP contribution in [0.1, 0.15) is 32.6 Å². The Hall–Kier alpha value is -2.52. The van der Waals surface area contributed by atoms with Crippen LogP contribution >= 0.6 is 11.3 Å². The van der Waals surface area contributed by atoms with E-state index in [9.17, 15) is 4.79 Å². The van der Waals surface area contributed by atoms with E-state index in [1.165, 1.54) is 6.39 Å². The van der Waals surface area contributed by atoms with E-state index in [2.05, 4.69) is 15.1 Å². The average molecular weight is 373 g/mol. The summed E-state index contributed by atoms with van der Waals surface area (Å²) in [5.41, 5.74) is 2.45. The van der Waals surface area contributed by atoms with E-state index in [1.807, 2.05) is 23.1 Å². The summed E-state index contributed by atoms with van der Waals surface area (Å²) in [6.07, 6.45) is 2.85. The Morgan fingerprint density at radius 3 is 3.04 bits per heavy atom. The van der Waals surface area contributed by atoms with Crippen LogP contribution in [0, 0.1) is 13.8 Å². The summed E-state index contributed by atoms with van der Waals surface area (Å²) in [7, 11) is 0. The second-order valence-electron chi connectivity index (χ2n) is 6.25. The van der Waals surface area contributed by atoms with Crippen molar-refractivity contribution in [3.8, 4) is 0 Å². The molecule has 4 rings (SSSR count). The van der Waals surface area contributed by atoms with Crippen LogP contribution < -0.4 is 0 Å². The number of rotatable bonds is 4. The summed E-state index contributed by atoms with van der Waals surface area (Å²) in [6.45, 7) is 5.63. The van der Waals surface area contributed by atoms with Crippen molar-refractivity contribution in [2.45, 2.75) is 39.6 Å². The van der Waals surface area contributed by atoms with Crippen molar-refractivity contribution in [1.82, 2.24) is 24.6 Å². The van der Waals surface area contributed by atoms with Crippen LogP contribution in [0.4, 0.5) is 0 Å².